The van der Waals surface area contributed by atoms with Crippen LogP contribution < -0.4 is 10.2 Å². The molecule has 0 fully saturated rings. The smallest absolute Gasteiger partial charge is 0.227 e. The first kappa shape index (κ1) is 15.9. The molecule has 3 aromatic rings. The zero-order chi connectivity index (χ0) is 16.8. The van der Waals surface area contributed by atoms with Crippen LogP contribution in [0.4, 0.5) is 17.3 Å². The standard InChI is InChI=1S/C19H21N5/c1-3-24(4-2)16-10-8-15(9-11-16)22-19-21-14-12-18(23-19)17-7-5-6-13-20-17/h5-14H,3-4H2,1-2H3,(H,21,22,23). The number of hydrogen-bond acceptors (Lipinski definition) is 5. The molecular weight excluding hydrogens is 298 g/mol. The van der Waals surface area contributed by atoms with Gasteiger partial charge in [-0.25, -0.2) is 9.97 Å². The first-order chi connectivity index (χ1) is 11.8. The predicted octanol–water partition coefficient (Wildman–Crippen LogP) is 4.13. The number of nitrogens with one attached hydrogen (secondary N) is 1. The van der Waals surface area contributed by atoms with Crippen molar-refractivity contribution in [2.24, 2.45) is 0 Å². The Morgan fingerprint density at radius 2 is 1.62 bits per heavy atom. The molecule has 0 amide bonds. The van der Waals surface area contributed by atoms with E-state index in [9.17, 15) is 0 Å². The Kier molecular flexibility index (Phi) is 5.01. The molecule has 0 unspecified atom stereocenters. The maximum atomic E-state index is 4.53. The number of hydrogen-bond donors (Lipinski definition) is 1. The normalized spacial score (nSPS) is 10.4. The number of nitrogens with zero attached hydrogens (tertiary/aromatic N) is 4. The van der Waals surface area contributed by atoms with Gasteiger partial charge in [-0.3, -0.25) is 4.98 Å². The second-order valence-electron chi connectivity index (χ2n) is 5.32. The van der Waals surface area contributed by atoms with E-state index in [1.807, 2.05) is 36.4 Å². The predicted molar refractivity (Wildman–Crippen MR) is 98.5 cm³/mol. The van der Waals surface area contributed by atoms with E-state index in [2.05, 4.69) is 51.1 Å². The van der Waals surface area contributed by atoms with E-state index < -0.39 is 0 Å². The molecule has 24 heavy (non-hydrogen) atoms. The maximum Gasteiger partial charge on any atom is 0.227 e. The largest absolute Gasteiger partial charge is 0.372 e. The van der Waals surface area contributed by atoms with Gasteiger partial charge in [-0.2, -0.15) is 0 Å². The molecule has 0 spiro atoms. The van der Waals surface area contributed by atoms with Gasteiger partial charge in [-0.05, 0) is 56.3 Å². The van der Waals surface area contributed by atoms with Crippen molar-refractivity contribution in [2.45, 2.75) is 13.8 Å². The van der Waals surface area contributed by atoms with Crippen LogP contribution in [0.25, 0.3) is 11.4 Å². The molecule has 0 saturated heterocycles. The van der Waals surface area contributed by atoms with Crippen molar-refractivity contribution in [2.75, 3.05) is 23.3 Å². The van der Waals surface area contributed by atoms with Gasteiger partial charge in [0.1, 0.15) is 0 Å². The van der Waals surface area contributed by atoms with Crippen LogP contribution in [0.5, 0.6) is 0 Å². The molecule has 122 valence electrons. The van der Waals surface area contributed by atoms with E-state index in [0.717, 1.165) is 30.2 Å². The minimum absolute atomic E-state index is 0.564. The van der Waals surface area contributed by atoms with Crippen LogP contribution in [0.1, 0.15) is 13.8 Å². The van der Waals surface area contributed by atoms with E-state index in [0.29, 0.717) is 5.95 Å². The summed E-state index contributed by atoms with van der Waals surface area (Å²) in [6.07, 6.45) is 3.50. The van der Waals surface area contributed by atoms with Crippen LogP contribution in [-0.2, 0) is 0 Å². The number of pyridine rings is 1. The van der Waals surface area contributed by atoms with Gasteiger partial charge in [-0.1, -0.05) is 6.07 Å². The lowest BCUT2D eigenvalue weighted by atomic mass is 10.2. The number of anilines is 3. The van der Waals surface area contributed by atoms with Gasteiger partial charge in [0, 0.05) is 36.9 Å². The number of rotatable bonds is 6. The van der Waals surface area contributed by atoms with Crippen LogP contribution >= 0.6 is 0 Å². The Morgan fingerprint density at radius 3 is 2.29 bits per heavy atom. The van der Waals surface area contributed by atoms with Crippen molar-refractivity contribution in [1.82, 2.24) is 15.0 Å². The minimum Gasteiger partial charge on any atom is -0.372 e. The quantitative estimate of drug-likeness (QED) is 0.740. The van der Waals surface area contributed by atoms with E-state index in [-0.39, 0.29) is 0 Å². The fourth-order valence-corrected chi connectivity index (χ4v) is 2.55. The first-order valence-corrected chi connectivity index (χ1v) is 8.16. The Labute approximate surface area is 142 Å². The SMILES string of the molecule is CCN(CC)c1ccc(Nc2nccc(-c3ccccn3)n2)cc1. The summed E-state index contributed by atoms with van der Waals surface area (Å²) < 4.78 is 0. The van der Waals surface area contributed by atoms with E-state index in [1.54, 1.807) is 12.4 Å². The molecule has 1 N–H and O–H groups in total. The Morgan fingerprint density at radius 1 is 0.833 bits per heavy atom. The molecule has 5 heteroatoms. The zero-order valence-corrected chi connectivity index (χ0v) is 14.0. The zero-order valence-electron chi connectivity index (χ0n) is 14.0. The highest BCUT2D eigenvalue weighted by Gasteiger charge is 2.05. The molecule has 2 heterocycles. The Balaban J connectivity index is 1.77. The summed E-state index contributed by atoms with van der Waals surface area (Å²) in [6, 6.07) is 15.9. The fraction of sp³-hybridized carbons (Fsp3) is 0.211. The van der Waals surface area contributed by atoms with Crippen molar-refractivity contribution in [3.63, 3.8) is 0 Å². The minimum atomic E-state index is 0.564. The second kappa shape index (κ2) is 7.55. The molecule has 2 aromatic heterocycles. The molecular formula is C19H21N5. The van der Waals surface area contributed by atoms with Gasteiger partial charge in [0.15, 0.2) is 0 Å². The van der Waals surface area contributed by atoms with Crippen LogP contribution in [0.3, 0.4) is 0 Å². The summed E-state index contributed by atoms with van der Waals surface area (Å²) in [4.78, 5) is 15.5. The van der Waals surface area contributed by atoms with Crippen molar-refractivity contribution in [3.05, 3.63) is 60.9 Å². The third-order valence-corrected chi connectivity index (χ3v) is 3.83. The summed E-state index contributed by atoms with van der Waals surface area (Å²) in [5.41, 5.74) is 3.81. The van der Waals surface area contributed by atoms with Crippen LogP contribution in [-0.4, -0.2) is 28.0 Å². The van der Waals surface area contributed by atoms with Gasteiger partial charge >= 0.3 is 0 Å². The van der Waals surface area contributed by atoms with Gasteiger partial charge in [-0.15, -0.1) is 0 Å². The number of aromatic nitrogens is 3. The molecule has 3 rings (SSSR count). The van der Waals surface area contributed by atoms with Gasteiger partial charge < -0.3 is 10.2 Å². The van der Waals surface area contributed by atoms with Crippen molar-refractivity contribution in [1.29, 1.82) is 0 Å². The molecule has 0 saturated carbocycles. The molecule has 1 aromatic carbocycles. The van der Waals surface area contributed by atoms with Gasteiger partial charge in [0.2, 0.25) is 5.95 Å². The summed E-state index contributed by atoms with van der Waals surface area (Å²) in [6.45, 7) is 6.32. The molecule has 0 aliphatic rings. The monoisotopic (exact) mass is 319 g/mol. The lowest BCUT2D eigenvalue weighted by Gasteiger charge is -2.21. The lowest BCUT2D eigenvalue weighted by molar-refractivity contribution is 0.866. The summed E-state index contributed by atoms with van der Waals surface area (Å²) in [5, 5.41) is 3.25. The van der Waals surface area contributed by atoms with Gasteiger partial charge in [0.05, 0.1) is 11.4 Å². The molecule has 0 aliphatic carbocycles. The summed E-state index contributed by atoms with van der Waals surface area (Å²) in [5.74, 6) is 0.564. The lowest BCUT2D eigenvalue weighted by Crippen LogP contribution is -2.21. The molecule has 0 atom stereocenters. The fourth-order valence-electron chi connectivity index (χ4n) is 2.55. The average molecular weight is 319 g/mol. The second-order valence-corrected chi connectivity index (χ2v) is 5.32. The summed E-state index contributed by atoms with van der Waals surface area (Å²) >= 11 is 0. The van der Waals surface area contributed by atoms with Crippen molar-refractivity contribution < 1.29 is 0 Å². The topological polar surface area (TPSA) is 53.9 Å². The van der Waals surface area contributed by atoms with Crippen LogP contribution in [0.2, 0.25) is 0 Å². The van der Waals surface area contributed by atoms with Crippen LogP contribution in [0.15, 0.2) is 60.9 Å². The highest BCUT2D eigenvalue weighted by molar-refractivity contribution is 5.61. The Bertz CT molecular complexity index is 767. The highest BCUT2D eigenvalue weighted by Crippen LogP contribution is 2.21. The number of benzene rings is 1. The van der Waals surface area contributed by atoms with Gasteiger partial charge in [0.25, 0.3) is 0 Å². The summed E-state index contributed by atoms with van der Waals surface area (Å²) in [7, 11) is 0. The third kappa shape index (κ3) is 3.68. The highest BCUT2D eigenvalue weighted by atomic mass is 15.1. The van der Waals surface area contributed by atoms with E-state index >= 15 is 0 Å². The van der Waals surface area contributed by atoms with Crippen molar-refractivity contribution >= 4 is 17.3 Å². The Hall–Kier alpha value is -2.95. The molecule has 0 radical (unpaired) electrons. The third-order valence-electron chi connectivity index (χ3n) is 3.83. The van der Waals surface area contributed by atoms with Crippen LogP contribution in [0, 0.1) is 0 Å². The maximum absolute atomic E-state index is 4.53. The molecule has 0 aliphatic heterocycles. The molecule has 5 nitrogen and oxygen atoms in total. The average Bonchev–Trinajstić information content (AvgIpc) is 2.65. The van der Waals surface area contributed by atoms with Crippen molar-refractivity contribution in [3.8, 4) is 11.4 Å². The first-order valence-electron chi connectivity index (χ1n) is 8.16. The van der Waals surface area contributed by atoms with E-state index in [4.69, 9.17) is 0 Å². The molecule has 0 bridgehead atoms. The van der Waals surface area contributed by atoms with E-state index in [1.165, 1.54) is 5.69 Å².